The largest absolute Gasteiger partial charge is 0.396 e. The van der Waals surface area contributed by atoms with E-state index in [-0.39, 0.29) is 25.5 Å². The molecule has 1 rings (SSSR count). The zero-order valence-electron chi connectivity index (χ0n) is 10.0. The summed E-state index contributed by atoms with van der Waals surface area (Å²) in [6, 6.07) is 0.839. The van der Waals surface area contributed by atoms with Crippen LogP contribution in [0.2, 0.25) is 0 Å². The highest BCUT2D eigenvalue weighted by Gasteiger charge is 2.17. The van der Waals surface area contributed by atoms with E-state index in [1.807, 2.05) is 0 Å². The lowest BCUT2D eigenvalue weighted by Gasteiger charge is -2.18. The SMILES string of the molecule is Nc1ccn(C(CCO)COCP(=O)(O)O)c(=O)n1. The van der Waals surface area contributed by atoms with Crippen LogP contribution in [-0.2, 0) is 9.30 Å². The van der Waals surface area contributed by atoms with Gasteiger partial charge >= 0.3 is 13.3 Å². The summed E-state index contributed by atoms with van der Waals surface area (Å²) < 4.78 is 16.7. The van der Waals surface area contributed by atoms with Gasteiger partial charge in [0.25, 0.3) is 0 Å². The highest BCUT2D eigenvalue weighted by atomic mass is 31.2. The van der Waals surface area contributed by atoms with Crippen molar-refractivity contribution in [3.05, 3.63) is 22.7 Å². The standard InChI is InChI=1S/C9H16N3O6P/c10-8-1-3-12(9(14)11-8)7(2-4-13)5-18-6-19(15,16)17/h1,3,7,13H,2,4-6H2,(H2,10,11,14)(H2,15,16,17). The first kappa shape index (κ1) is 15.8. The van der Waals surface area contributed by atoms with E-state index in [1.54, 1.807) is 0 Å². The number of rotatable bonds is 7. The number of hydrogen-bond donors (Lipinski definition) is 4. The van der Waals surface area contributed by atoms with Gasteiger partial charge in [-0.05, 0) is 12.5 Å². The maximum absolute atomic E-state index is 11.6. The molecule has 0 amide bonds. The number of nitrogens with zero attached hydrogens (tertiary/aromatic N) is 2. The molecular formula is C9H16N3O6P. The van der Waals surface area contributed by atoms with E-state index >= 15 is 0 Å². The van der Waals surface area contributed by atoms with E-state index in [2.05, 4.69) is 4.98 Å². The fourth-order valence-electron chi connectivity index (χ4n) is 1.46. The molecule has 0 spiro atoms. The summed E-state index contributed by atoms with van der Waals surface area (Å²) in [6.45, 7) is -0.335. The summed E-state index contributed by atoms with van der Waals surface area (Å²) >= 11 is 0. The Kier molecular flexibility index (Phi) is 5.64. The Morgan fingerprint density at radius 1 is 1.53 bits per heavy atom. The Bertz CT molecular complexity index is 513. The van der Waals surface area contributed by atoms with Crippen molar-refractivity contribution in [1.29, 1.82) is 0 Å². The Morgan fingerprint density at radius 3 is 2.74 bits per heavy atom. The molecule has 9 nitrogen and oxygen atoms in total. The van der Waals surface area contributed by atoms with Crippen LogP contribution in [-0.4, -0.2) is 44.0 Å². The van der Waals surface area contributed by atoms with Gasteiger partial charge in [0.05, 0.1) is 12.6 Å². The predicted octanol–water partition coefficient (Wildman–Crippen LogP) is -1.10. The van der Waals surface area contributed by atoms with Gasteiger partial charge in [0.15, 0.2) is 0 Å². The lowest BCUT2D eigenvalue weighted by atomic mass is 10.2. The van der Waals surface area contributed by atoms with Crippen LogP contribution in [0.1, 0.15) is 12.5 Å². The molecule has 0 aliphatic heterocycles. The minimum atomic E-state index is -4.26. The third kappa shape index (κ3) is 5.50. The van der Waals surface area contributed by atoms with Crippen molar-refractivity contribution in [2.75, 3.05) is 25.3 Å². The van der Waals surface area contributed by atoms with Crippen LogP contribution in [0, 0.1) is 0 Å². The van der Waals surface area contributed by atoms with Crippen molar-refractivity contribution < 1.29 is 24.2 Å². The molecule has 10 heteroatoms. The predicted molar refractivity (Wildman–Crippen MR) is 66.5 cm³/mol. The molecule has 0 radical (unpaired) electrons. The number of hydrogen-bond acceptors (Lipinski definition) is 6. The summed E-state index contributed by atoms with van der Waals surface area (Å²) in [5.41, 5.74) is 4.74. The molecule has 0 fully saturated rings. The van der Waals surface area contributed by atoms with Crippen LogP contribution in [0.25, 0.3) is 0 Å². The molecule has 0 aliphatic carbocycles. The Morgan fingerprint density at radius 2 is 2.21 bits per heavy atom. The molecule has 108 valence electrons. The molecule has 1 heterocycles. The van der Waals surface area contributed by atoms with Crippen LogP contribution in [0.5, 0.6) is 0 Å². The minimum Gasteiger partial charge on any atom is -0.396 e. The fraction of sp³-hybridized carbons (Fsp3) is 0.556. The number of nitrogen functional groups attached to an aromatic ring is 1. The Hall–Kier alpha value is -1.25. The molecule has 1 aromatic heterocycles. The normalized spacial score (nSPS) is 13.4. The van der Waals surface area contributed by atoms with E-state index in [1.165, 1.54) is 16.8 Å². The van der Waals surface area contributed by atoms with Crippen LogP contribution in [0.15, 0.2) is 17.1 Å². The number of anilines is 1. The smallest absolute Gasteiger partial charge is 0.350 e. The monoisotopic (exact) mass is 293 g/mol. The van der Waals surface area contributed by atoms with Gasteiger partial charge < -0.3 is 25.4 Å². The fourth-order valence-corrected chi connectivity index (χ4v) is 1.81. The van der Waals surface area contributed by atoms with Gasteiger partial charge in [-0.3, -0.25) is 9.13 Å². The second-order valence-corrected chi connectivity index (χ2v) is 5.46. The first-order valence-corrected chi connectivity index (χ1v) is 7.21. The molecule has 0 saturated carbocycles. The molecule has 5 N–H and O–H groups in total. The molecule has 19 heavy (non-hydrogen) atoms. The maximum atomic E-state index is 11.6. The molecule has 0 aromatic carbocycles. The molecule has 0 bridgehead atoms. The number of aliphatic hydroxyl groups excluding tert-OH is 1. The van der Waals surface area contributed by atoms with Gasteiger partial charge in [-0.25, -0.2) is 4.79 Å². The molecule has 0 aliphatic rings. The van der Waals surface area contributed by atoms with Gasteiger partial charge in [-0.2, -0.15) is 4.98 Å². The molecular weight excluding hydrogens is 277 g/mol. The Labute approximate surface area is 108 Å². The summed E-state index contributed by atoms with van der Waals surface area (Å²) in [5, 5.41) is 8.93. The first-order chi connectivity index (χ1) is 8.83. The summed E-state index contributed by atoms with van der Waals surface area (Å²) in [4.78, 5) is 32.4. The molecule has 1 unspecified atom stereocenters. The summed E-state index contributed by atoms with van der Waals surface area (Å²) in [5.74, 6) is 0.0696. The van der Waals surface area contributed by atoms with E-state index in [0.29, 0.717) is 0 Å². The number of ether oxygens (including phenoxy) is 1. The number of aliphatic hydroxyl groups is 1. The van der Waals surface area contributed by atoms with Crippen molar-refractivity contribution in [3.63, 3.8) is 0 Å². The van der Waals surface area contributed by atoms with Crippen molar-refractivity contribution in [2.45, 2.75) is 12.5 Å². The van der Waals surface area contributed by atoms with E-state index in [4.69, 9.17) is 25.4 Å². The first-order valence-electron chi connectivity index (χ1n) is 5.41. The van der Waals surface area contributed by atoms with E-state index < -0.39 is 25.7 Å². The van der Waals surface area contributed by atoms with Crippen LogP contribution < -0.4 is 11.4 Å². The average molecular weight is 293 g/mol. The van der Waals surface area contributed by atoms with Crippen molar-refractivity contribution in [2.24, 2.45) is 0 Å². The lowest BCUT2D eigenvalue weighted by molar-refractivity contribution is 0.109. The topological polar surface area (TPSA) is 148 Å². The second kappa shape index (κ2) is 6.78. The lowest BCUT2D eigenvalue weighted by Crippen LogP contribution is -2.30. The summed E-state index contributed by atoms with van der Waals surface area (Å²) in [6.07, 6.45) is 0.838. The van der Waals surface area contributed by atoms with E-state index in [9.17, 15) is 9.36 Å². The van der Waals surface area contributed by atoms with Gasteiger partial charge in [-0.1, -0.05) is 0 Å². The highest BCUT2D eigenvalue weighted by molar-refractivity contribution is 7.51. The molecule has 1 atom stereocenters. The third-order valence-electron chi connectivity index (χ3n) is 2.28. The zero-order valence-corrected chi connectivity index (χ0v) is 10.9. The highest BCUT2D eigenvalue weighted by Crippen LogP contribution is 2.34. The third-order valence-corrected chi connectivity index (χ3v) is 2.80. The van der Waals surface area contributed by atoms with Crippen molar-refractivity contribution >= 4 is 13.4 Å². The van der Waals surface area contributed by atoms with Gasteiger partial charge in [0.1, 0.15) is 12.2 Å². The molecule has 0 saturated heterocycles. The van der Waals surface area contributed by atoms with Crippen LogP contribution in [0.3, 0.4) is 0 Å². The van der Waals surface area contributed by atoms with Gasteiger partial charge in [-0.15, -0.1) is 0 Å². The molecule has 1 aromatic rings. The Balaban J connectivity index is 2.77. The van der Waals surface area contributed by atoms with Crippen LogP contribution in [0.4, 0.5) is 5.82 Å². The quantitative estimate of drug-likeness (QED) is 0.463. The van der Waals surface area contributed by atoms with Crippen molar-refractivity contribution in [1.82, 2.24) is 9.55 Å². The van der Waals surface area contributed by atoms with E-state index in [0.717, 1.165) is 0 Å². The van der Waals surface area contributed by atoms with Crippen LogP contribution >= 0.6 is 7.60 Å². The number of aromatic nitrogens is 2. The maximum Gasteiger partial charge on any atom is 0.350 e. The zero-order chi connectivity index (χ0) is 14.5. The van der Waals surface area contributed by atoms with Crippen molar-refractivity contribution in [3.8, 4) is 0 Å². The van der Waals surface area contributed by atoms with Gasteiger partial charge in [0.2, 0.25) is 0 Å². The van der Waals surface area contributed by atoms with Gasteiger partial charge in [0, 0.05) is 12.8 Å². The average Bonchev–Trinajstić information content (AvgIpc) is 2.26. The minimum absolute atomic E-state index is 0.0696. The number of nitrogens with two attached hydrogens (primary N) is 1. The second-order valence-electron chi connectivity index (χ2n) is 3.87. The summed E-state index contributed by atoms with van der Waals surface area (Å²) in [7, 11) is -4.26.